The number of likely N-dealkylation sites (N-methyl/N-ethyl adjacent to an activating group) is 1. The zero-order valence-corrected chi connectivity index (χ0v) is 15.5. The first-order chi connectivity index (χ1) is 10.7. The molecule has 2 heterocycles. The van der Waals surface area contributed by atoms with Gasteiger partial charge in [-0.05, 0) is 20.2 Å². The van der Waals surface area contributed by atoms with Crippen LogP contribution in [0.1, 0.15) is 0 Å². The van der Waals surface area contributed by atoms with Gasteiger partial charge in [0.15, 0.2) is 0 Å². The van der Waals surface area contributed by atoms with E-state index in [9.17, 15) is 0 Å². The lowest BCUT2D eigenvalue weighted by atomic mass is 10.1. The molecular formula is C17H25BrN4O. The van der Waals surface area contributed by atoms with Crippen LogP contribution in [0.5, 0.6) is 0 Å². The van der Waals surface area contributed by atoms with Gasteiger partial charge >= 0.3 is 0 Å². The summed E-state index contributed by atoms with van der Waals surface area (Å²) in [5.41, 5.74) is 2.20. The fraction of sp³-hybridized carbons (Fsp3) is 0.471. The third-order valence-corrected chi connectivity index (χ3v) is 3.91. The normalized spacial score (nSPS) is 14.8. The zero-order chi connectivity index (χ0) is 15.4. The van der Waals surface area contributed by atoms with Crippen LogP contribution in [0.15, 0.2) is 30.3 Å². The number of rotatable bonds is 5. The molecule has 0 amide bonds. The fourth-order valence-electron chi connectivity index (χ4n) is 2.68. The first-order valence-electron chi connectivity index (χ1n) is 7.85. The molecule has 5 nitrogen and oxygen atoms in total. The molecule has 23 heavy (non-hydrogen) atoms. The maximum Gasteiger partial charge on any atom is 0.131 e. The monoisotopic (exact) mass is 380 g/mol. The lowest BCUT2D eigenvalue weighted by molar-refractivity contribution is 0.122. The molecule has 0 bridgehead atoms. The average Bonchev–Trinajstić information content (AvgIpc) is 2.55. The van der Waals surface area contributed by atoms with E-state index in [0.717, 1.165) is 56.4 Å². The summed E-state index contributed by atoms with van der Waals surface area (Å²) in [4.78, 5) is 9.30. The minimum atomic E-state index is 0. The molecular weight excluding hydrogens is 356 g/mol. The number of hydrogen-bond acceptors (Lipinski definition) is 5. The van der Waals surface area contributed by atoms with Gasteiger partial charge in [0.2, 0.25) is 0 Å². The van der Waals surface area contributed by atoms with Crippen molar-refractivity contribution in [2.24, 2.45) is 0 Å². The van der Waals surface area contributed by atoms with Crippen molar-refractivity contribution in [2.75, 3.05) is 63.7 Å². The maximum atomic E-state index is 5.44. The Morgan fingerprint density at radius 2 is 1.96 bits per heavy atom. The van der Waals surface area contributed by atoms with Crippen molar-refractivity contribution in [1.29, 1.82) is 0 Å². The predicted octanol–water partition coefficient (Wildman–Crippen LogP) is 2.62. The SMILES string of the molecule is Br.CN(C)CCNc1cc(N2CCOCC2)nc2ccccc12. The summed E-state index contributed by atoms with van der Waals surface area (Å²) in [5, 5.41) is 4.74. The second-order valence-electron chi connectivity index (χ2n) is 5.87. The third kappa shape index (κ3) is 4.56. The van der Waals surface area contributed by atoms with Crippen molar-refractivity contribution in [1.82, 2.24) is 9.88 Å². The highest BCUT2D eigenvalue weighted by Gasteiger charge is 2.14. The fourth-order valence-corrected chi connectivity index (χ4v) is 2.68. The summed E-state index contributed by atoms with van der Waals surface area (Å²) in [6, 6.07) is 10.5. The minimum Gasteiger partial charge on any atom is -0.383 e. The number of nitrogens with zero attached hydrogens (tertiary/aromatic N) is 3. The molecule has 1 fully saturated rings. The minimum absolute atomic E-state index is 0. The van der Waals surface area contributed by atoms with E-state index in [1.807, 2.05) is 6.07 Å². The second-order valence-corrected chi connectivity index (χ2v) is 5.87. The van der Waals surface area contributed by atoms with Crippen molar-refractivity contribution < 1.29 is 4.74 Å². The number of para-hydroxylation sites is 1. The molecule has 3 rings (SSSR count). The molecule has 0 unspecified atom stereocenters. The highest BCUT2D eigenvalue weighted by molar-refractivity contribution is 8.93. The van der Waals surface area contributed by atoms with Crippen LogP contribution in [-0.2, 0) is 4.74 Å². The third-order valence-electron chi connectivity index (χ3n) is 3.91. The number of fused-ring (bicyclic) bond motifs is 1. The van der Waals surface area contributed by atoms with Crippen LogP contribution in [0.3, 0.4) is 0 Å². The highest BCUT2D eigenvalue weighted by Crippen LogP contribution is 2.27. The van der Waals surface area contributed by atoms with Crippen molar-refractivity contribution in [3.63, 3.8) is 0 Å². The van der Waals surface area contributed by atoms with Gasteiger partial charge in [0.1, 0.15) is 5.82 Å². The Bertz CT molecular complexity index is 629. The van der Waals surface area contributed by atoms with Crippen LogP contribution in [0.2, 0.25) is 0 Å². The molecule has 1 aromatic heterocycles. The topological polar surface area (TPSA) is 40.6 Å². The number of benzene rings is 1. The number of morpholine rings is 1. The van der Waals surface area contributed by atoms with E-state index in [4.69, 9.17) is 9.72 Å². The average molecular weight is 381 g/mol. The summed E-state index contributed by atoms with van der Waals surface area (Å²) < 4.78 is 5.44. The van der Waals surface area contributed by atoms with Crippen molar-refractivity contribution in [3.05, 3.63) is 30.3 Å². The lowest BCUT2D eigenvalue weighted by Crippen LogP contribution is -2.36. The van der Waals surface area contributed by atoms with Crippen molar-refractivity contribution in [2.45, 2.75) is 0 Å². The van der Waals surface area contributed by atoms with Gasteiger partial charge in [-0.15, -0.1) is 17.0 Å². The molecule has 1 aromatic carbocycles. The summed E-state index contributed by atoms with van der Waals surface area (Å²) in [6.45, 7) is 5.29. The van der Waals surface area contributed by atoms with Crippen molar-refractivity contribution >= 4 is 39.4 Å². The molecule has 0 aliphatic carbocycles. The van der Waals surface area contributed by atoms with E-state index < -0.39 is 0 Å². The Kier molecular flexibility index (Phi) is 6.62. The summed E-state index contributed by atoms with van der Waals surface area (Å²) in [6.07, 6.45) is 0. The molecule has 0 radical (unpaired) electrons. The van der Waals surface area contributed by atoms with E-state index in [-0.39, 0.29) is 17.0 Å². The maximum absolute atomic E-state index is 5.44. The Hall–Kier alpha value is -1.37. The van der Waals surface area contributed by atoms with Crippen molar-refractivity contribution in [3.8, 4) is 0 Å². The smallest absolute Gasteiger partial charge is 0.131 e. The van der Waals surface area contributed by atoms with E-state index in [1.54, 1.807) is 0 Å². The quantitative estimate of drug-likeness (QED) is 0.863. The number of ether oxygens (including phenoxy) is 1. The molecule has 126 valence electrons. The van der Waals surface area contributed by atoms with Crippen LogP contribution in [0, 0.1) is 0 Å². The van der Waals surface area contributed by atoms with Crippen LogP contribution in [-0.4, -0.2) is 63.4 Å². The first-order valence-corrected chi connectivity index (χ1v) is 7.85. The largest absolute Gasteiger partial charge is 0.383 e. The van der Waals surface area contributed by atoms with Crippen LogP contribution in [0.25, 0.3) is 10.9 Å². The second kappa shape index (κ2) is 8.47. The van der Waals surface area contributed by atoms with Gasteiger partial charge in [-0.2, -0.15) is 0 Å². The molecule has 0 atom stereocenters. The molecule has 1 N–H and O–H groups in total. The Morgan fingerprint density at radius 1 is 1.22 bits per heavy atom. The number of halogens is 1. The zero-order valence-electron chi connectivity index (χ0n) is 13.8. The molecule has 0 spiro atoms. The summed E-state index contributed by atoms with van der Waals surface area (Å²) in [5.74, 6) is 1.04. The number of pyridine rings is 1. The number of aromatic nitrogens is 1. The van der Waals surface area contributed by atoms with Gasteiger partial charge in [-0.1, -0.05) is 18.2 Å². The summed E-state index contributed by atoms with van der Waals surface area (Å²) >= 11 is 0. The van der Waals surface area contributed by atoms with Crippen LogP contribution in [0.4, 0.5) is 11.5 Å². The van der Waals surface area contributed by atoms with Gasteiger partial charge < -0.3 is 19.9 Å². The van der Waals surface area contributed by atoms with E-state index in [1.165, 1.54) is 5.39 Å². The van der Waals surface area contributed by atoms with E-state index in [0.29, 0.717) is 0 Å². The highest BCUT2D eigenvalue weighted by atomic mass is 79.9. The van der Waals surface area contributed by atoms with Crippen LogP contribution >= 0.6 is 17.0 Å². The molecule has 6 heteroatoms. The van der Waals surface area contributed by atoms with Crippen LogP contribution < -0.4 is 10.2 Å². The number of hydrogen-bond donors (Lipinski definition) is 1. The Labute approximate surface area is 148 Å². The molecule has 0 saturated carbocycles. The Balaban J connectivity index is 0.00000192. The predicted molar refractivity (Wildman–Crippen MR) is 102 cm³/mol. The van der Waals surface area contributed by atoms with Gasteiger partial charge in [0, 0.05) is 43.3 Å². The standard InChI is InChI=1S/C17H24N4O.BrH/c1-20(2)8-7-18-16-13-17(21-9-11-22-12-10-21)19-15-6-4-3-5-14(15)16;/h3-6,13H,7-12H2,1-2H3,(H,18,19);1H. The Morgan fingerprint density at radius 3 is 2.70 bits per heavy atom. The molecule has 1 aliphatic heterocycles. The number of anilines is 2. The molecule has 1 aliphatic rings. The van der Waals surface area contributed by atoms with E-state index in [2.05, 4.69) is 53.5 Å². The van der Waals surface area contributed by atoms with Gasteiger partial charge in [0.05, 0.1) is 18.7 Å². The molecule has 2 aromatic rings. The lowest BCUT2D eigenvalue weighted by Gasteiger charge is -2.28. The summed E-state index contributed by atoms with van der Waals surface area (Å²) in [7, 11) is 4.18. The van der Waals surface area contributed by atoms with Gasteiger partial charge in [-0.25, -0.2) is 4.98 Å². The number of nitrogens with one attached hydrogen (secondary N) is 1. The van der Waals surface area contributed by atoms with E-state index >= 15 is 0 Å². The van der Waals surface area contributed by atoms with Gasteiger partial charge in [0.25, 0.3) is 0 Å². The first kappa shape index (κ1) is 18.0. The molecule has 1 saturated heterocycles. The van der Waals surface area contributed by atoms with Gasteiger partial charge in [-0.3, -0.25) is 0 Å².